The third-order valence-corrected chi connectivity index (χ3v) is 6.79. The van der Waals surface area contributed by atoms with Crippen molar-refractivity contribution >= 4 is 39.1 Å². The Kier molecular flexibility index (Phi) is 8.12. The number of furan rings is 1. The van der Waals surface area contributed by atoms with Crippen molar-refractivity contribution in [2.75, 3.05) is 6.54 Å². The molecule has 0 radical (unpaired) electrons. The highest BCUT2D eigenvalue weighted by Crippen LogP contribution is 2.38. The zero-order chi connectivity index (χ0) is 27.7. The molecule has 0 saturated carbocycles. The molecule has 0 bridgehead atoms. The van der Waals surface area contributed by atoms with E-state index < -0.39 is 29.4 Å². The van der Waals surface area contributed by atoms with Gasteiger partial charge in [0.05, 0.1) is 24.9 Å². The van der Waals surface area contributed by atoms with Crippen molar-refractivity contribution < 1.29 is 23.5 Å². The Labute approximate surface area is 233 Å². The minimum absolute atomic E-state index is 0.258. The maximum Gasteiger partial charge on any atom is 0.410 e. The summed E-state index contributed by atoms with van der Waals surface area (Å²) in [6.07, 6.45) is 2.25. The molecule has 2 atom stereocenters. The third-order valence-electron chi connectivity index (χ3n) is 6.33. The summed E-state index contributed by atoms with van der Waals surface area (Å²) >= 11 is 3.60. The molecule has 8 heteroatoms. The second-order valence-corrected chi connectivity index (χ2v) is 12.7. The van der Waals surface area contributed by atoms with E-state index in [9.17, 15) is 9.59 Å². The maximum atomic E-state index is 13.8. The van der Waals surface area contributed by atoms with Crippen LogP contribution in [0.15, 0.2) is 63.7 Å². The molecule has 0 N–H and O–H groups in total. The fourth-order valence-corrected chi connectivity index (χ4v) is 5.46. The lowest BCUT2D eigenvalue weighted by atomic mass is 9.89. The fourth-order valence-electron chi connectivity index (χ4n) is 4.93. The number of hydrogen-bond donors (Lipinski definition) is 0. The summed E-state index contributed by atoms with van der Waals surface area (Å²) < 4.78 is 18.4. The third kappa shape index (κ3) is 6.70. The highest BCUT2D eigenvalue weighted by molar-refractivity contribution is 9.10. The molecule has 0 unspecified atom stereocenters. The predicted molar refractivity (Wildman–Crippen MR) is 151 cm³/mol. The lowest BCUT2D eigenvalue weighted by Crippen LogP contribution is -2.54. The van der Waals surface area contributed by atoms with Crippen LogP contribution in [-0.4, -0.2) is 45.8 Å². The Balaban J connectivity index is 1.80. The summed E-state index contributed by atoms with van der Waals surface area (Å²) in [5, 5.41) is 0.942. The van der Waals surface area contributed by atoms with Gasteiger partial charge in [0.2, 0.25) is 0 Å². The van der Waals surface area contributed by atoms with Crippen LogP contribution in [0.25, 0.3) is 11.0 Å². The largest absolute Gasteiger partial charge is 0.464 e. The Morgan fingerprint density at radius 2 is 1.71 bits per heavy atom. The van der Waals surface area contributed by atoms with Gasteiger partial charge in [-0.1, -0.05) is 46.3 Å². The van der Waals surface area contributed by atoms with Crippen molar-refractivity contribution in [2.24, 2.45) is 0 Å². The average Bonchev–Trinajstić information content (AvgIpc) is 3.29. The molecule has 3 aromatic rings. The van der Waals surface area contributed by atoms with Gasteiger partial charge >= 0.3 is 12.2 Å². The van der Waals surface area contributed by atoms with Gasteiger partial charge < -0.3 is 13.9 Å². The second-order valence-electron chi connectivity index (χ2n) is 11.8. The first-order valence-electron chi connectivity index (χ1n) is 13.0. The minimum Gasteiger partial charge on any atom is -0.464 e. The molecule has 1 fully saturated rings. The molecule has 1 aliphatic rings. The number of rotatable bonds is 4. The molecular formula is C30H37BrN2O5. The van der Waals surface area contributed by atoms with Gasteiger partial charge in [0.15, 0.2) is 0 Å². The van der Waals surface area contributed by atoms with E-state index in [4.69, 9.17) is 13.9 Å². The van der Waals surface area contributed by atoms with Crippen molar-refractivity contribution in [3.05, 3.63) is 70.4 Å². The van der Waals surface area contributed by atoms with Gasteiger partial charge in [-0.2, -0.15) is 0 Å². The molecule has 1 aromatic heterocycles. The van der Waals surface area contributed by atoms with E-state index in [1.165, 1.54) is 0 Å². The van der Waals surface area contributed by atoms with Gasteiger partial charge in [-0.05, 0) is 78.1 Å². The second kappa shape index (κ2) is 11.0. The van der Waals surface area contributed by atoms with E-state index in [0.29, 0.717) is 13.0 Å². The number of amides is 2. The SMILES string of the molecule is CC(C)(C)OC(=O)N(Cc1cc(Br)cc2ccoc12)[C@@H]1CCCN(C(=O)OC(C)(C)C)[C@@H]1c1ccccc1. The zero-order valence-electron chi connectivity index (χ0n) is 23.0. The number of carbonyl (C=O) groups is 2. The maximum absolute atomic E-state index is 13.8. The van der Waals surface area contributed by atoms with E-state index in [1.807, 2.05) is 90.1 Å². The smallest absolute Gasteiger partial charge is 0.410 e. The number of halogens is 1. The number of piperidine rings is 1. The van der Waals surface area contributed by atoms with E-state index >= 15 is 0 Å². The lowest BCUT2D eigenvalue weighted by molar-refractivity contribution is -0.0262. The normalized spacial score (nSPS) is 18.3. The minimum atomic E-state index is -0.686. The van der Waals surface area contributed by atoms with Gasteiger partial charge in [0, 0.05) is 22.0 Å². The van der Waals surface area contributed by atoms with Crippen molar-refractivity contribution in [3.63, 3.8) is 0 Å². The van der Waals surface area contributed by atoms with Crippen molar-refractivity contribution in [3.8, 4) is 0 Å². The molecule has 1 saturated heterocycles. The van der Waals surface area contributed by atoms with Crippen LogP contribution in [0, 0.1) is 0 Å². The van der Waals surface area contributed by atoms with Crippen LogP contribution in [0.2, 0.25) is 0 Å². The topological polar surface area (TPSA) is 72.2 Å². The molecule has 0 spiro atoms. The quantitative estimate of drug-likeness (QED) is 0.310. The molecule has 2 aromatic carbocycles. The number of nitrogens with zero attached hydrogens (tertiary/aromatic N) is 2. The van der Waals surface area contributed by atoms with Crippen molar-refractivity contribution in [2.45, 2.75) is 84.2 Å². The number of fused-ring (bicyclic) bond motifs is 1. The first-order valence-corrected chi connectivity index (χ1v) is 13.8. The monoisotopic (exact) mass is 584 g/mol. The number of hydrogen-bond acceptors (Lipinski definition) is 5. The summed E-state index contributed by atoms with van der Waals surface area (Å²) in [5.41, 5.74) is 1.18. The van der Waals surface area contributed by atoms with Crippen molar-refractivity contribution in [1.82, 2.24) is 9.80 Å². The van der Waals surface area contributed by atoms with E-state index in [2.05, 4.69) is 15.9 Å². The first-order chi connectivity index (χ1) is 17.8. The average molecular weight is 586 g/mol. The number of benzene rings is 2. The molecule has 2 heterocycles. The summed E-state index contributed by atoms with van der Waals surface area (Å²) in [4.78, 5) is 30.8. The Morgan fingerprint density at radius 3 is 2.37 bits per heavy atom. The van der Waals surface area contributed by atoms with Crippen LogP contribution in [-0.2, 0) is 16.0 Å². The number of carbonyl (C=O) groups excluding carboxylic acids is 2. The summed E-state index contributed by atoms with van der Waals surface area (Å²) in [5.74, 6) is 0. The van der Waals surface area contributed by atoms with Gasteiger partial charge in [0.25, 0.3) is 0 Å². The van der Waals surface area contributed by atoms with Crippen LogP contribution < -0.4 is 0 Å². The molecule has 2 amide bonds. The van der Waals surface area contributed by atoms with E-state index in [1.54, 1.807) is 16.1 Å². The Bertz CT molecular complexity index is 1280. The molecule has 7 nitrogen and oxygen atoms in total. The number of ether oxygens (including phenoxy) is 2. The Hall–Kier alpha value is -3.00. The van der Waals surface area contributed by atoms with Gasteiger partial charge in [-0.15, -0.1) is 0 Å². The van der Waals surface area contributed by atoms with Gasteiger partial charge in [0.1, 0.15) is 16.8 Å². The molecule has 204 valence electrons. The van der Waals surface area contributed by atoms with Crippen LogP contribution in [0.1, 0.15) is 71.6 Å². The van der Waals surface area contributed by atoms with Crippen LogP contribution in [0.5, 0.6) is 0 Å². The fraction of sp³-hybridized carbons (Fsp3) is 0.467. The van der Waals surface area contributed by atoms with E-state index in [0.717, 1.165) is 33.0 Å². The zero-order valence-corrected chi connectivity index (χ0v) is 24.6. The predicted octanol–water partition coefficient (Wildman–Crippen LogP) is 8.07. The number of likely N-dealkylation sites (tertiary alicyclic amines) is 1. The summed E-state index contributed by atoms with van der Waals surface area (Å²) in [6, 6.07) is 14.9. The molecule has 38 heavy (non-hydrogen) atoms. The van der Waals surface area contributed by atoms with Crippen LogP contribution in [0.4, 0.5) is 9.59 Å². The standard InChI is InChI=1S/C30H37BrN2O5/c1-29(2,3)37-27(34)32-15-10-13-24(25(32)20-11-8-7-9-12-20)33(28(35)38-30(4,5)6)19-22-18-23(31)17-21-14-16-36-26(21)22/h7-9,11-12,14,16-18,24-25H,10,13,15,19H2,1-6H3/t24-,25-/m1/s1. The molecule has 4 rings (SSSR count). The highest BCUT2D eigenvalue weighted by atomic mass is 79.9. The van der Waals surface area contributed by atoms with Crippen molar-refractivity contribution in [1.29, 1.82) is 0 Å². The lowest BCUT2D eigenvalue weighted by Gasteiger charge is -2.46. The molecule has 0 aliphatic carbocycles. The highest BCUT2D eigenvalue weighted by Gasteiger charge is 2.43. The van der Waals surface area contributed by atoms with Gasteiger partial charge in [-0.25, -0.2) is 9.59 Å². The molecule has 1 aliphatic heterocycles. The molecular weight excluding hydrogens is 548 g/mol. The van der Waals surface area contributed by atoms with Crippen LogP contribution in [0.3, 0.4) is 0 Å². The first kappa shape index (κ1) is 28.0. The summed E-state index contributed by atoms with van der Waals surface area (Å²) in [6.45, 7) is 11.9. The Morgan fingerprint density at radius 1 is 1.03 bits per heavy atom. The van der Waals surface area contributed by atoms with E-state index in [-0.39, 0.29) is 12.6 Å². The summed E-state index contributed by atoms with van der Waals surface area (Å²) in [7, 11) is 0. The van der Waals surface area contributed by atoms with Crippen LogP contribution >= 0.6 is 15.9 Å². The van der Waals surface area contributed by atoms with Gasteiger partial charge in [-0.3, -0.25) is 9.80 Å².